The Bertz CT molecular complexity index is 912. The number of hydrogen-bond acceptors (Lipinski definition) is 4. The summed E-state index contributed by atoms with van der Waals surface area (Å²) in [4.78, 5) is 23.5. The third kappa shape index (κ3) is 5.85. The zero-order valence-electron chi connectivity index (χ0n) is 14.8. The van der Waals surface area contributed by atoms with Crippen LogP contribution in [-0.2, 0) is 11.3 Å². The molecule has 0 aliphatic heterocycles. The van der Waals surface area contributed by atoms with Crippen molar-refractivity contribution in [3.8, 4) is 11.4 Å². The second kappa shape index (κ2) is 9.56. The largest absolute Gasteiger partial charge is 0.484 e. The van der Waals surface area contributed by atoms with E-state index in [9.17, 15) is 9.59 Å². The van der Waals surface area contributed by atoms with Gasteiger partial charge in [0.05, 0.1) is 5.69 Å². The van der Waals surface area contributed by atoms with Gasteiger partial charge in [-0.15, -0.1) is 0 Å². The van der Waals surface area contributed by atoms with Crippen LogP contribution in [0, 0.1) is 0 Å². The Morgan fingerprint density at radius 3 is 2.46 bits per heavy atom. The lowest BCUT2D eigenvalue weighted by Gasteiger charge is -2.10. The van der Waals surface area contributed by atoms with E-state index in [4.69, 9.17) is 4.74 Å². The van der Waals surface area contributed by atoms with Crippen molar-refractivity contribution in [1.82, 2.24) is 25.9 Å². The predicted octanol–water partition coefficient (Wildman–Crippen LogP) is 2.54. The van der Waals surface area contributed by atoms with Gasteiger partial charge < -0.3 is 10.1 Å². The van der Waals surface area contributed by atoms with Crippen molar-refractivity contribution in [3.63, 3.8) is 0 Å². The number of carbonyl (C=O) groups is 2. The zero-order chi connectivity index (χ0) is 19.8. The number of rotatable bonds is 6. The Hall–Kier alpha value is -3.33. The van der Waals surface area contributed by atoms with Crippen molar-refractivity contribution in [1.29, 1.82) is 0 Å². The highest BCUT2D eigenvalue weighted by molar-refractivity contribution is 9.10. The molecule has 1 heterocycles. The van der Waals surface area contributed by atoms with E-state index < -0.39 is 11.9 Å². The third-order valence-corrected chi connectivity index (χ3v) is 4.19. The molecule has 3 rings (SSSR count). The monoisotopic (exact) mass is 443 g/mol. The van der Waals surface area contributed by atoms with Crippen LogP contribution in [0.3, 0.4) is 0 Å². The van der Waals surface area contributed by atoms with Gasteiger partial charge in [0.25, 0.3) is 5.91 Å². The minimum atomic E-state index is -0.520. The molecule has 2 aromatic carbocycles. The van der Waals surface area contributed by atoms with Gasteiger partial charge in [-0.05, 0) is 48.0 Å². The second-order valence-electron chi connectivity index (χ2n) is 5.72. The summed E-state index contributed by atoms with van der Waals surface area (Å²) in [5.41, 5.74) is 6.40. The SMILES string of the molecule is O=C(COc1ccc(Br)cc1)NNC(=O)NCc1ccc(-n2cccn2)cc1. The molecule has 8 nitrogen and oxygen atoms in total. The van der Waals surface area contributed by atoms with E-state index >= 15 is 0 Å². The van der Waals surface area contributed by atoms with Gasteiger partial charge in [0.15, 0.2) is 6.61 Å². The smallest absolute Gasteiger partial charge is 0.333 e. The maximum absolute atomic E-state index is 11.8. The molecule has 0 saturated heterocycles. The van der Waals surface area contributed by atoms with Crippen LogP contribution in [-0.4, -0.2) is 28.3 Å². The van der Waals surface area contributed by atoms with Crippen molar-refractivity contribution in [2.75, 3.05) is 6.61 Å². The first-order valence-electron chi connectivity index (χ1n) is 8.40. The molecule has 1 aromatic heterocycles. The highest BCUT2D eigenvalue weighted by Crippen LogP contribution is 2.15. The van der Waals surface area contributed by atoms with Crippen LogP contribution in [0.4, 0.5) is 4.79 Å². The second-order valence-corrected chi connectivity index (χ2v) is 6.63. The summed E-state index contributed by atoms with van der Waals surface area (Å²) in [6.45, 7) is 0.104. The van der Waals surface area contributed by atoms with Gasteiger partial charge in [-0.3, -0.25) is 10.2 Å². The summed E-state index contributed by atoms with van der Waals surface area (Å²) in [5.74, 6) is 0.0861. The van der Waals surface area contributed by atoms with Gasteiger partial charge in [-0.25, -0.2) is 14.9 Å². The highest BCUT2D eigenvalue weighted by Gasteiger charge is 2.06. The van der Waals surface area contributed by atoms with Crippen LogP contribution in [0.2, 0.25) is 0 Å². The maximum Gasteiger partial charge on any atom is 0.333 e. The van der Waals surface area contributed by atoms with Gasteiger partial charge in [-0.2, -0.15) is 5.10 Å². The Morgan fingerprint density at radius 2 is 1.79 bits per heavy atom. The minimum Gasteiger partial charge on any atom is -0.484 e. The molecule has 0 atom stereocenters. The number of nitrogens with zero attached hydrogens (tertiary/aromatic N) is 2. The fourth-order valence-electron chi connectivity index (χ4n) is 2.26. The third-order valence-electron chi connectivity index (χ3n) is 3.66. The molecule has 0 saturated carbocycles. The van der Waals surface area contributed by atoms with Crippen molar-refractivity contribution >= 4 is 27.9 Å². The summed E-state index contributed by atoms with van der Waals surface area (Å²) in [5, 5.41) is 6.81. The number of amides is 3. The van der Waals surface area contributed by atoms with E-state index in [1.807, 2.05) is 36.5 Å². The molecule has 0 unspecified atom stereocenters. The molecule has 0 bridgehead atoms. The molecule has 0 spiro atoms. The van der Waals surface area contributed by atoms with Crippen molar-refractivity contribution in [2.24, 2.45) is 0 Å². The summed E-state index contributed by atoms with van der Waals surface area (Å²) >= 11 is 3.32. The average molecular weight is 444 g/mol. The molecule has 3 amide bonds. The number of carbonyl (C=O) groups excluding carboxylic acids is 2. The standard InChI is InChI=1S/C19H18BrN5O3/c20-15-4-8-17(9-5-15)28-13-18(26)23-24-19(27)21-12-14-2-6-16(7-3-14)25-11-1-10-22-25/h1-11H,12-13H2,(H,23,26)(H2,21,24,27). The van der Waals surface area contributed by atoms with Crippen molar-refractivity contribution in [3.05, 3.63) is 77.0 Å². The summed E-state index contributed by atoms with van der Waals surface area (Å²) < 4.78 is 7.98. The van der Waals surface area contributed by atoms with Crippen LogP contribution in [0.1, 0.15) is 5.56 Å². The maximum atomic E-state index is 11.8. The van der Waals surface area contributed by atoms with Crippen LogP contribution in [0.25, 0.3) is 5.69 Å². The lowest BCUT2D eigenvalue weighted by atomic mass is 10.2. The zero-order valence-corrected chi connectivity index (χ0v) is 16.3. The number of urea groups is 1. The molecule has 9 heteroatoms. The van der Waals surface area contributed by atoms with Crippen molar-refractivity contribution < 1.29 is 14.3 Å². The van der Waals surface area contributed by atoms with Gasteiger partial charge in [-0.1, -0.05) is 28.1 Å². The van der Waals surface area contributed by atoms with Gasteiger partial charge in [0.2, 0.25) is 0 Å². The molecule has 3 aromatic rings. The van der Waals surface area contributed by atoms with Gasteiger partial charge >= 0.3 is 6.03 Å². The molecule has 144 valence electrons. The van der Waals surface area contributed by atoms with Crippen LogP contribution < -0.4 is 20.9 Å². The number of benzene rings is 2. The first-order chi connectivity index (χ1) is 13.6. The predicted molar refractivity (Wildman–Crippen MR) is 107 cm³/mol. The normalized spacial score (nSPS) is 10.2. The molecule has 0 radical (unpaired) electrons. The Balaban J connectivity index is 1.36. The van der Waals surface area contributed by atoms with E-state index in [1.54, 1.807) is 35.1 Å². The number of hydrogen-bond donors (Lipinski definition) is 3. The van der Waals surface area contributed by atoms with Crippen LogP contribution in [0.5, 0.6) is 5.75 Å². The summed E-state index contributed by atoms with van der Waals surface area (Å²) in [7, 11) is 0. The van der Waals surface area contributed by atoms with E-state index in [0.29, 0.717) is 12.3 Å². The first kappa shape index (κ1) is 19.4. The number of nitrogens with one attached hydrogen (secondary N) is 3. The minimum absolute atomic E-state index is 0.212. The lowest BCUT2D eigenvalue weighted by Crippen LogP contribution is -2.48. The van der Waals surface area contributed by atoms with E-state index in [1.165, 1.54) is 0 Å². The molecular formula is C19H18BrN5O3. The van der Waals surface area contributed by atoms with E-state index in [2.05, 4.69) is 37.2 Å². The Kier molecular flexibility index (Phi) is 6.64. The van der Waals surface area contributed by atoms with E-state index in [-0.39, 0.29) is 6.61 Å². The molecule has 0 aliphatic carbocycles. The van der Waals surface area contributed by atoms with Crippen LogP contribution in [0.15, 0.2) is 71.5 Å². The van der Waals surface area contributed by atoms with Gasteiger partial charge in [0, 0.05) is 23.4 Å². The fourth-order valence-corrected chi connectivity index (χ4v) is 2.52. The van der Waals surface area contributed by atoms with Crippen molar-refractivity contribution in [2.45, 2.75) is 6.54 Å². The summed E-state index contributed by atoms with van der Waals surface area (Å²) in [6, 6.07) is 16.0. The topological polar surface area (TPSA) is 97.3 Å². The Labute approximate surface area is 170 Å². The molecule has 0 aliphatic rings. The average Bonchev–Trinajstić information content (AvgIpc) is 3.25. The highest BCUT2D eigenvalue weighted by atomic mass is 79.9. The first-order valence-corrected chi connectivity index (χ1v) is 9.19. The Morgan fingerprint density at radius 1 is 1.04 bits per heavy atom. The van der Waals surface area contributed by atoms with Gasteiger partial charge in [0.1, 0.15) is 5.75 Å². The number of ether oxygens (including phenoxy) is 1. The molecule has 0 fully saturated rings. The molecule has 28 heavy (non-hydrogen) atoms. The summed E-state index contributed by atoms with van der Waals surface area (Å²) in [6.07, 6.45) is 3.56. The number of aromatic nitrogens is 2. The lowest BCUT2D eigenvalue weighted by molar-refractivity contribution is -0.123. The number of halogens is 1. The van der Waals surface area contributed by atoms with Crippen LogP contribution >= 0.6 is 15.9 Å². The number of hydrazine groups is 1. The molecule has 3 N–H and O–H groups in total. The van der Waals surface area contributed by atoms with E-state index in [0.717, 1.165) is 15.7 Å². The fraction of sp³-hybridized carbons (Fsp3) is 0.105. The quantitative estimate of drug-likeness (QED) is 0.509. The molecular weight excluding hydrogens is 426 g/mol.